The third-order valence-corrected chi connectivity index (χ3v) is 2.81. The smallest absolute Gasteiger partial charge is 0.337 e. The summed E-state index contributed by atoms with van der Waals surface area (Å²) in [6, 6.07) is 0. The Bertz CT molecular complexity index is 269. The molecule has 0 spiro atoms. The van der Waals surface area contributed by atoms with Gasteiger partial charge in [-0.05, 0) is 25.7 Å². The van der Waals surface area contributed by atoms with Crippen molar-refractivity contribution in [1.82, 2.24) is 5.32 Å². The molecule has 0 bridgehead atoms. The molecular formula is C10H17NO4. The number of carboxylic acid groups (broad SMARTS) is 1. The number of nitrogens with one attached hydrogen (secondary N) is 1. The van der Waals surface area contributed by atoms with Crippen LogP contribution in [-0.4, -0.2) is 34.2 Å². The van der Waals surface area contributed by atoms with Crippen LogP contribution in [0, 0.1) is 11.8 Å². The standard InChI is InChI=1S/C10H17NO4/c1-6-3-7(4-6)8(12)11-5-10(2,15)9(13)14/h6-7,15H,3-5H2,1-2H3,(H,11,12)(H,13,14). The molecule has 1 rings (SSSR count). The van der Waals surface area contributed by atoms with Crippen molar-refractivity contribution in [2.45, 2.75) is 32.3 Å². The van der Waals surface area contributed by atoms with Gasteiger partial charge in [-0.2, -0.15) is 0 Å². The molecule has 0 saturated heterocycles. The van der Waals surface area contributed by atoms with Crippen molar-refractivity contribution in [2.24, 2.45) is 11.8 Å². The van der Waals surface area contributed by atoms with E-state index in [1.165, 1.54) is 6.92 Å². The summed E-state index contributed by atoms with van der Waals surface area (Å²) in [5, 5.41) is 20.4. The van der Waals surface area contributed by atoms with Crippen molar-refractivity contribution in [3.05, 3.63) is 0 Å². The van der Waals surface area contributed by atoms with Gasteiger partial charge < -0.3 is 15.5 Å². The van der Waals surface area contributed by atoms with E-state index in [0.717, 1.165) is 12.8 Å². The van der Waals surface area contributed by atoms with Gasteiger partial charge >= 0.3 is 5.97 Å². The lowest BCUT2D eigenvalue weighted by Crippen LogP contribution is -2.49. The normalized spacial score (nSPS) is 28.7. The molecule has 1 aliphatic rings. The lowest BCUT2D eigenvalue weighted by Gasteiger charge is -2.32. The first-order chi connectivity index (χ1) is 6.83. The minimum atomic E-state index is -1.88. The average Bonchev–Trinajstić information content (AvgIpc) is 2.09. The quantitative estimate of drug-likeness (QED) is 0.615. The van der Waals surface area contributed by atoms with Crippen LogP contribution in [0.3, 0.4) is 0 Å². The number of rotatable bonds is 4. The van der Waals surface area contributed by atoms with Crippen LogP contribution in [0.4, 0.5) is 0 Å². The average molecular weight is 215 g/mol. The summed E-state index contributed by atoms with van der Waals surface area (Å²) < 4.78 is 0. The topological polar surface area (TPSA) is 86.6 Å². The molecule has 1 amide bonds. The van der Waals surface area contributed by atoms with Gasteiger partial charge in [-0.1, -0.05) is 6.92 Å². The number of hydrogen-bond donors (Lipinski definition) is 3. The molecule has 0 aromatic carbocycles. The number of carbonyl (C=O) groups is 2. The molecule has 3 N–H and O–H groups in total. The molecule has 1 atom stereocenters. The number of carbonyl (C=O) groups excluding carboxylic acids is 1. The van der Waals surface area contributed by atoms with Gasteiger partial charge in [0.2, 0.25) is 5.91 Å². The molecule has 5 heteroatoms. The van der Waals surface area contributed by atoms with Crippen LogP contribution >= 0.6 is 0 Å². The molecule has 15 heavy (non-hydrogen) atoms. The summed E-state index contributed by atoms with van der Waals surface area (Å²) in [7, 11) is 0. The number of aliphatic carboxylic acids is 1. The molecular weight excluding hydrogens is 198 g/mol. The van der Waals surface area contributed by atoms with Crippen molar-refractivity contribution in [3.8, 4) is 0 Å². The van der Waals surface area contributed by atoms with Crippen LogP contribution in [0.1, 0.15) is 26.7 Å². The van der Waals surface area contributed by atoms with Gasteiger partial charge in [0, 0.05) is 5.92 Å². The van der Waals surface area contributed by atoms with Crippen molar-refractivity contribution >= 4 is 11.9 Å². The first kappa shape index (κ1) is 12.0. The zero-order chi connectivity index (χ0) is 11.6. The van der Waals surface area contributed by atoms with E-state index < -0.39 is 11.6 Å². The van der Waals surface area contributed by atoms with Crippen molar-refractivity contribution in [3.63, 3.8) is 0 Å². The fourth-order valence-electron chi connectivity index (χ4n) is 1.60. The number of aliphatic hydroxyl groups is 1. The number of amides is 1. The van der Waals surface area contributed by atoms with Crippen molar-refractivity contribution < 1.29 is 19.8 Å². The highest BCUT2D eigenvalue weighted by atomic mass is 16.4. The van der Waals surface area contributed by atoms with E-state index >= 15 is 0 Å². The highest BCUT2D eigenvalue weighted by Crippen LogP contribution is 2.32. The zero-order valence-electron chi connectivity index (χ0n) is 8.99. The van der Waals surface area contributed by atoms with Gasteiger partial charge in [0.25, 0.3) is 0 Å². The van der Waals surface area contributed by atoms with Gasteiger partial charge in [-0.3, -0.25) is 4.79 Å². The van der Waals surface area contributed by atoms with Crippen LogP contribution in [0.2, 0.25) is 0 Å². The van der Waals surface area contributed by atoms with E-state index in [9.17, 15) is 14.7 Å². The molecule has 1 aliphatic carbocycles. The Balaban J connectivity index is 2.31. The first-order valence-electron chi connectivity index (χ1n) is 5.06. The Morgan fingerprint density at radius 2 is 2.00 bits per heavy atom. The van der Waals surface area contributed by atoms with E-state index in [2.05, 4.69) is 12.2 Å². The Kier molecular flexibility index (Phi) is 3.34. The summed E-state index contributed by atoms with van der Waals surface area (Å²) in [5.74, 6) is -0.926. The molecule has 0 aromatic rings. The summed E-state index contributed by atoms with van der Waals surface area (Å²) in [6.45, 7) is 2.99. The fourth-order valence-corrected chi connectivity index (χ4v) is 1.60. The van der Waals surface area contributed by atoms with Crippen molar-refractivity contribution in [2.75, 3.05) is 6.54 Å². The first-order valence-corrected chi connectivity index (χ1v) is 5.06. The highest BCUT2D eigenvalue weighted by molar-refractivity contribution is 5.82. The second-order valence-corrected chi connectivity index (χ2v) is 4.57. The van der Waals surface area contributed by atoms with Crippen LogP contribution in [0.15, 0.2) is 0 Å². The predicted octanol–water partition coefficient (Wildman–Crippen LogP) is -0.0157. The second kappa shape index (κ2) is 4.18. The molecule has 1 saturated carbocycles. The van der Waals surface area contributed by atoms with E-state index in [0.29, 0.717) is 5.92 Å². The van der Waals surface area contributed by atoms with E-state index in [1.54, 1.807) is 0 Å². The molecule has 1 fully saturated rings. The summed E-state index contributed by atoms with van der Waals surface area (Å²) >= 11 is 0. The second-order valence-electron chi connectivity index (χ2n) is 4.57. The minimum absolute atomic E-state index is 0.00963. The largest absolute Gasteiger partial charge is 0.479 e. The zero-order valence-corrected chi connectivity index (χ0v) is 8.99. The van der Waals surface area contributed by atoms with Gasteiger partial charge in [-0.15, -0.1) is 0 Å². The van der Waals surface area contributed by atoms with E-state index in [4.69, 9.17) is 5.11 Å². The van der Waals surface area contributed by atoms with Gasteiger partial charge in [0.1, 0.15) is 0 Å². The van der Waals surface area contributed by atoms with E-state index in [1.807, 2.05) is 0 Å². The molecule has 0 radical (unpaired) electrons. The van der Waals surface area contributed by atoms with E-state index in [-0.39, 0.29) is 18.4 Å². The molecule has 0 heterocycles. The van der Waals surface area contributed by atoms with Crippen LogP contribution in [-0.2, 0) is 9.59 Å². The predicted molar refractivity (Wildman–Crippen MR) is 53.2 cm³/mol. The van der Waals surface area contributed by atoms with Crippen molar-refractivity contribution in [1.29, 1.82) is 0 Å². The Labute approximate surface area is 88.5 Å². The van der Waals surface area contributed by atoms with Gasteiger partial charge in [0.05, 0.1) is 6.54 Å². The maximum Gasteiger partial charge on any atom is 0.337 e. The Morgan fingerprint density at radius 3 is 2.40 bits per heavy atom. The summed E-state index contributed by atoms with van der Waals surface area (Å²) in [5.41, 5.74) is -1.88. The SMILES string of the molecule is CC1CC(C(=O)NCC(C)(O)C(=O)O)C1. The Hall–Kier alpha value is -1.10. The molecule has 5 nitrogen and oxygen atoms in total. The third kappa shape index (κ3) is 2.92. The fraction of sp³-hybridized carbons (Fsp3) is 0.800. The molecule has 1 unspecified atom stereocenters. The summed E-state index contributed by atoms with van der Waals surface area (Å²) in [4.78, 5) is 22.0. The third-order valence-electron chi connectivity index (χ3n) is 2.81. The Morgan fingerprint density at radius 1 is 1.47 bits per heavy atom. The lowest BCUT2D eigenvalue weighted by atomic mass is 9.75. The lowest BCUT2D eigenvalue weighted by molar-refractivity contribution is -0.156. The monoisotopic (exact) mass is 215 g/mol. The van der Waals surface area contributed by atoms with Gasteiger partial charge in [0.15, 0.2) is 5.60 Å². The van der Waals surface area contributed by atoms with Gasteiger partial charge in [-0.25, -0.2) is 4.79 Å². The maximum absolute atomic E-state index is 11.4. The highest BCUT2D eigenvalue weighted by Gasteiger charge is 2.34. The molecule has 86 valence electrons. The maximum atomic E-state index is 11.4. The van der Waals surface area contributed by atoms with Crippen LogP contribution in [0.5, 0.6) is 0 Å². The molecule has 0 aromatic heterocycles. The molecule has 0 aliphatic heterocycles. The van der Waals surface area contributed by atoms with Crippen LogP contribution in [0.25, 0.3) is 0 Å². The number of carboxylic acids is 1. The van der Waals surface area contributed by atoms with Crippen LogP contribution < -0.4 is 5.32 Å². The number of hydrogen-bond acceptors (Lipinski definition) is 3. The summed E-state index contributed by atoms with van der Waals surface area (Å²) in [6.07, 6.45) is 1.70. The minimum Gasteiger partial charge on any atom is -0.479 e.